The van der Waals surface area contributed by atoms with Crippen LogP contribution in [0.1, 0.15) is 18.1 Å². The molecule has 3 rings (SSSR count). The van der Waals surface area contributed by atoms with Crippen molar-refractivity contribution in [3.8, 4) is 5.75 Å². The van der Waals surface area contributed by atoms with E-state index in [0.717, 1.165) is 11.1 Å². The molecule has 0 aliphatic carbocycles. The average Bonchev–Trinajstić information content (AvgIpc) is 2.76. The van der Waals surface area contributed by atoms with Gasteiger partial charge in [0.25, 0.3) is 15.9 Å². The lowest BCUT2D eigenvalue weighted by Gasteiger charge is -2.15. The van der Waals surface area contributed by atoms with Gasteiger partial charge < -0.3 is 10.1 Å². The molecule has 33 heavy (non-hydrogen) atoms. The molecule has 3 aromatic rings. The van der Waals surface area contributed by atoms with Gasteiger partial charge in [-0.25, -0.2) is 8.42 Å². The van der Waals surface area contributed by atoms with Crippen LogP contribution in [0, 0.1) is 24.0 Å². The summed E-state index contributed by atoms with van der Waals surface area (Å²) < 4.78 is 33.3. The van der Waals surface area contributed by atoms with Crippen molar-refractivity contribution in [3.05, 3.63) is 88.0 Å². The molecule has 0 spiro atoms. The molecule has 1 atom stereocenters. The van der Waals surface area contributed by atoms with Gasteiger partial charge in [-0.3, -0.25) is 19.6 Å². The number of sulfonamides is 1. The molecule has 0 aliphatic heterocycles. The molecule has 1 amide bonds. The maximum atomic E-state index is 12.7. The molecule has 172 valence electrons. The van der Waals surface area contributed by atoms with Crippen molar-refractivity contribution in [1.29, 1.82) is 0 Å². The molecule has 0 radical (unpaired) electrons. The van der Waals surface area contributed by atoms with Gasteiger partial charge in [0.1, 0.15) is 0 Å². The van der Waals surface area contributed by atoms with E-state index in [1.54, 1.807) is 18.2 Å². The summed E-state index contributed by atoms with van der Waals surface area (Å²) >= 11 is 0. The van der Waals surface area contributed by atoms with Crippen LogP contribution in [0.25, 0.3) is 0 Å². The first-order valence-corrected chi connectivity index (χ1v) is 11.5. The number of nitrogens with one attached hydrogen (secondary N) is 2. The molecule has 9 nitrogen and oxygen atoms in total. The van der Waals surface area contributed by atoms with Crippen LogP contribution >= 0.6 is 0 Å². The number of rotatable bonds is 8. The van der Waals surface area contributed by atoms with Gasteiger partial charge in [-0.15, -0.1) is 0 Å². The van der Waals surface area contributed by atoms with Crippen LogP contribution in [0.2, 0.25) is 0 Å². The number of hydrogen-bond donors (Lipinski definition) is 2. The average molecular weight is 470 g/mol. The first-order chi connectivity index (χ1) is 15.6. The standard InChI is InChI=1S/C23H23N3O6S/c1-15-8-9-19(14-16(15)2)25-33(30,31)20-12-10-18(11-13-20)24-23(27)17(3)32-22-7-5-4-6-21(22)26(28)29/h4-14,17,25H,1-3H3,(H,24,27). The van der Waals surface area contributed by atoms with Gasteiger partial charge in [0.05, 0.1) is 9.82 Å². The third kappa shape index (κ3) is 5.86. The number of nitro benzene ring substituents is 1. The number of amides is 1. The van der Waals surface area contributed by atoms with Gasteiger partial charge in [0.15, 0.2) is 11.9 Å². The Morgan fingerprint density at radius 1 is 0.970 bits per heavy atom. The van der Waals surface area contributed by atoms with Gasteiger partial charge in [-0.2, -0.15) is 0 Å². The van der Waals surface area contributed by atoms with E-state index in [1.807, 2.05) is 19.9 Å². The molecule has 1 unspecified atom stereocenters. The van der Waals surface area contributed by atoms with Crippen LogP contribution < -0.4 is 14.8 Å². The number of anilines is 2. The molecular weight excluding hydrogens is 446 g/mol. The summed E-state index contributed by atoms with van der Waals surface area (Å²) in [5.41, 5.74) is 2.58. The quantitative estimate of drug-likeness (QED) is 0.371. The lowest BCUT2D eigenvalue weighted by atomic mass is 10.1. The minimum atomic E-state index is -3.81. The van der Waals surface area contributed by atoms with E-state index in [1.165, 1.54) is 49.4 Å². The zero-order valence-electron chi connectivity index (χ0n) is 18.2. The van der Waals surface area contributed by atoms with Crippen molar-refractivity contribution in [3.63, 3.8) is 0 Å². The molecule has 0 aromatic heterocycles. The lowest BCUT2D eigenvalue weighted by Crippen LogP contribution is -2.30. The lowest BCUT2D eigenvalue weighted by molar-refractivity contribution is -0.386. The van der Waals surface area contributed by atoms with Crippen molar-refractivity contribution >= 4 is 33.0 Å². The Morgan fingerprint density at radius 3 is 2.24 bits per heavy atom. The summed E-state index contributed by atoms with van der Waals surface area (Å²) in [6, 6.07) is 16.7. The zero-order chi connectivity index (χ0) is 24.2. The SMILES string of the molecule is Cc1ccc(NS(=O)(=O)c2ccc(NC(=O)C(C)Oc3ccccc3[N+](=O)[O-])cc2)cc1C. The molecule has 3 aromatic carbocycles. The van der Waals surface area contributed by atoms with Crippen LogP contribution in [0.15, 0.2) is 71.6 Å². The maximum Gasteiger partial charge on any atom is 0.310 e. The molecule has 0 saturated carbocycles. The van der Waals surface area contributed by atoms with Gasteiger partial charge in [0.2, 0.25) is 0 Å². The molecule has 0 heterocycles. The fraction of sp³-hybridized carbons (Fsp3) is 0.174. The fourth-order valence-electron chi connectivity index (χ4n) is 2.93. The highest BCUT2D eigenvalue weighted by atomic mass is 32.2. The maximum absolute atomic E-state index is 12.7. The molecule has 0 bridgehead atoms. The van der Waals surface area contributed by atoms with E-state index in [9.17, 15) is 23.3 Å². The van der Waals surface area contributed by atoms with Crippen LogP contribution in [0.4, 0.5) is 17.1 Å². The number of nitro groups is 1. The Hall–Kier alpha value is -3.92. The van der Waals surface area contributed by atoms with Crippen molar-refractivity contribution in [1.82, 2.24) is 0 Å². The number of aryl methyl sites for hydroxylation is 2. The number of carbonyl (C=O) groups excluding carboxylic acids is 1. The molecular formula is C23H23N3O6S. The third-order valence-corrected chi connectivity index (χ3v) is 6.32. The van der Waals surface area contributed by atoms with Crippen LogP contribution in [0.3, 0.4) is 0 Å². The van der Waals surface area contributed by atoms with E-state index in [2.05, 4.69) is 10.0 Å². The second kappa shape index (κ2) is 9.70. The third-order valence-electron chi connectivity index (χ3n) is 4.93. The minimum absolute atomic E-state index is 0.0241. The number of carbonyl (C=O) groups is 1. The highest BCUT2D eigenvalue weighted by molar-refractivity contribution is 7.92. The Morgan fingerprint density at radius 2 is 1.61 bits per heavy atom. The van der Waals surface area contributed by atoms with E-state index in [-0.39, 0.29) is 16.3 Å². The van der Waals surface area contributed by atoms with Gasteiger partial charge in [-0.1, -0.05) is 18.2 Å². The molecule has 0 aliphatic rings. The van der Waals surface area contributed by atoms with E-state index in [0.29, 0.717) is 11.4 Å². The van der Waals surface area contributed by atoms with Gasteiger partial charge >= 0.3 is 5.69 Å². The summed E-state index contributed by atoms with van der Waals surface area (Å²) in [4.78, 5) is 23.0. The van der Waals surface area contributed by atoms with Gasteiger partial charge in [-0.05, 0) is 74.4 Å². The van der Waals surface area contributed by atoms with Crippen molar-refractivity contribution in [2.24, 2.45) is 0 Å². The largest absolute Gasteiger partial charge is 0.474 e. The number of nitrogens with zero attached hydrogens (tertiary/aromatic N) is 1. The van der Waals surface area contributed by atoms with Crippen LogP contribution in [0.5, 0.6) is 5.75 Å². The molecule has 2 N–H and O–H groups in total. The highest BCUT2D eigenvalue weighted by Gasteiger charge is 2.21. The number of ether oxygens (including phenoxy) is 1. The second-order valence-electron chi connectivity index (χ2n) is 7.40. The van der Waals surface area contributed by atoms with E-state index >= 15 is 0 Å². The Labute approximate surface area is 191 Å². The van der Waals surface area contributed by atoms with Crippen LogP contribution in [-0.4, -0.2) is 25.4 Å². The summed E-state index contributed by atoms with van der Waals surface area (Å²) in [5, 5.41) is 13.7. The highest BCUT2D eigenvalue weighted by Crippen LogP contribution is 2.27. The zero-order valence-corrected chi connectivity index (χ0v) is 19.0. The first-order valence-electron chi connectivity index (χ1n) is 9.98. The van der Waals surface area contributed by atoms with Gasteiger partial charge in [0, 0.05) is 17.4 Å². The predicted octanol–water partition coefficient (Wildman–Crippen LogP) is 4.42. The van der Waals surface area contributed by atoms with Crippen molar-refractivity contribution in [2.75, 3.05) is 10.0 Å². The Balaban J connectivity index is 1.66. The molecule has 0 saturated heterocycles. The predicted molar refractivity (Wildman–Crippen MR) is 125 cm³/mol. The number of benzene rings is 3. The van der Waals surface area contributed by atoms with E-state index < -0.39 is 27.0 Å². The number of hydrogen-bond acceptors (Lipinski definition) is 6. The molecule has 10 heteroatoms. The number of para-hydroxylation sites is 2. The van der Waals surface area contributed by atoms with E-state index in [4.69, 9.17) is 4.74 Å². The normalized spacial score (nSPS) is 12.0. The first kappa shape index (κ1) is 23.7. The second-order valence-corrected chi connectivity index (χ2v) is 9.09. The fourth-order valence-corrected chi connectivity index (χ4v) is 3.98. The summed E-state index contributed by atoms with van der Waals surface area (Å²) in [6.45, 7) is 5.29. The van der Waals surface area contributed by atoms with Crippen molar-refractivity contribution in [2.45, 2.75) is 31.8 Å². The summed E-state index contributed by atoms with van der Waals surface area (Å²) in [5.74, 6) is -0.568. The van der Waals surface area contributed by atoms with Crippen molar-refractivity contribution < 1.29 is 22.9 Å². The van der Waals surface area contributed by atoms with Crippen LogP contribution in [-0.2, 0) is 14.8 Å². The molecule has 0 fully saturated rings. The minimum Gasteiger partial charge on any atom is -0.474 e. The Kier molecular flexibility index (Phi) is 6.98. The Bertz CT molecular complexity index is 1290. The topological polar surface area (TPSA) is 128 Å². The summed E-state index contributed by atoms with van der Waals surface area (Å²) in [7, 11) is -3.81. The monoisotopic (exact) mass is 469 g/mol. The smallest absolute Gasteiger partial charge is 0.310 e. The summed E-state index contributed by atoms with van der Waals surface area (Å²) in [6.07, 6.45) is -1.03.